The van der Waals surface area contributed by atoms with Crippen LogP contribution in [0, 0.1) is 0 Å². The van der Waals surface area contributed by atoms with Crippen LogP contribution in [-0.2, 0) is 21.5 Å². The smallest absolute Gasteiger partial charge is 0.228 e. The van der Waals surface area contributed by atoms with Crippen LogP contribution in [0.3, 0.4) is 0 Å². The largest absolute Gasteiger partial charge is 0.507 e. The van der Waals surface area contributed by atoms with E-state index in [1.807, 2.05) is 13.8 Å². The van der Waals surface area contributed by atoms with Gasteiger partial charge in [0.25, 0.3) is 0 Å². The van der Waals surface area contributed by atoms with Crippen molar-refractivity contribution in [2.45, 2.75) is 88.4 Å². The Morgan fingerprint density at radius 1 is 1.09 bits per heavy atom. The molecule has 12 heteroatoms. The third-order valence-electron chi connectivity index (χ3n) is 9.36. The van der Waals surface area contributed by atoms with E-state index >= 15 is 0 Å². The van der Waals surface area contributed by atoms with Gasteiger partial charge < -0.3 is 50.0 Å². The van der Waals surface area contributed by atoms with E-state index in [1.54, 1.807) is 32.8 Å². The van der Waals surface area contributed by atoms with Crippen LogP contribution in [0.15, 0.2) is 12.1 Å². The number of phenolic OH excluding ortho intramolecular Hbond substituents is 2. The van der Waals surface area contributed by atoms with Crippen molar-refractivity contribution < 1.29 is 49.3 Å². The van der Waals surface area contributed by atoms with Gasteiger partial charge in [-0.2, -0.15) is 0 Å². The summed E-state index contributed by atoms with van der Waals surface area (Å²) in [6.45, 7) is 7.90. The van der Waals surface area contributed by atoms with Crippen molar-refractivity contribution in [1.29, 1.82) is 0 Å². The molecular formula is C32H40N2O10. The van der Waals surface area contributed by atoms with Gasteiger partial charge in [0.15, 0.2) is 5.78 Å². The van der Waals surface area contributed by atoms with Crippen LogP contribution >= 0.6 is 0 Å². The molecule has 1 saturated heterocycles. The first kappa shape index (κ1) is 30.9. The van der Waals surface area contributed by atoms with Crippen LogP contribution in [0.25, 0.3) is 0 Å². The van der Waals surface area contributed by atoms with E-state index in [0.717, 1.165) is 0 Å². The average molecular weight is 613 g/mol. The highest BCUT2D eigenvalue weighted by Crippen LogP contribution is 2.54. The lowest BCUT2D eigenvalue weighted by Crippen LogP contribution is -2.68. The van der Waals surface area contributed by atoms with Gasteiger partial charge in [0.05, 0.1) is 41.0 Å². The summed E-state index contributed by atoms with van der Waals surface area (Å²) < 4.78 is 17.6. The monoisotopic (exact) mass is 612 g/mol. The minimum Gasteiger partial charge on any atom is -0.507 e. The zero-order valence-electron chi connectivity index (χ0n) is 25.7. The van der Waals surface area contributed by atoms with Gasteiger partial charge >= 0.3 is 0 Å². The molecule has 4 aliphatic rings. The van der Waals surface area contributed by atoms with Crippen molar-refractivity contribution in [3.8, 4) is 17.2 Å². The summed E-state index contributed by atoms with van der Waals surface area (Å²) in [5, 5.41) is 59.6. The number of hydrogen-bond donors (Lipinski definition) is 6. The first-order valence-corrected chi connectivity index (χ1v) is 14.9. The Labute approximate surface area is 255 Å². The van der Waals surface area contributed by atoms with Crippen LogP contribution in [0.1, 0.15) is 88.7 Å². The van der Waals surface area contributed by atoms with E-state index in [2.05, 4.69) is 5.32 Å². The molecule has 0 amide bonds. The van der Waals surface area contributed by atoms with Crippen molar-refractivity contribution in [3.63, 3.8) is 0 Å². The van der Waals surface area contributed by atoms with Gasteiger partial charge in [0.1, 0.15) is 35.1 Å². The van der Waals surface area contributed by atoms with Crippen LogP contribution in [0.2, 0.25) is 0 Å². The minimum absolute atomic E-state index is 0.0275. The molecule has 2 aliphatic heterocycles. The number of aliphatic hydroxyl groups excluding tert-OH is 2. The number of fused-ring (bicyclic) bond motifs is 8. The highest BCUT2D eigenvalue weighted by Gasteiger charge is 2.59. The van der Waals surface area contributed by atoms with Crippen molar-refractivity contribution >= 4 is 11.6 Å². The molecule has 1 fully saturated rings. The molecule has 238 valence electrons. The average Bonchev–Trinajstić information content (AvgIpc) is 2.91. The number of ketones is 2. The number of nitrogens with zero attached hydrogens (tertiary/aromatic N) is 1. The molecule has 6 N–H and O–H groups in total. The fraction of sp³-hybridized carbons (Fsp3) is 0.562. The maximum atomic E-state index is 14.3. The molecule has 2 aromatic carbocycles. The highest BCUT2D eigenvalue weighted by molar-refractivity contribution is 6.31. The SMILES string of the molecule is CC(C)OCCNC1CC(C)(O)Cc2cc3c(c(O)c21)C(=O)c1c(O)cc2c(c1C3=O)OC1OC2(C)C(O)C(N(C)C)C1O. The number of aromatic hydroxyl groups is 2. The van der Waals surface area contributed by atoms with Crippen molar-refractivity contribution in [2.24, 2.45) is 0 Å². The third-order valence-corrected chi connectivity index (χ3v) is 9.36. The van der Waals surface area contributed by atoms with Gasteiger partial charge in [-0.3, -0.25) is 9.59 Å². The zero-order valence-corrected chi connectivity index (χ0v) is 25.7. The maximum absolute atomic E-state index is 14.3. The molecule has 44 heavy (non-hydrogen) atoms. The third kappa shape index (κ3) is 4.54. The number of carbonyl (C=O) groups is 2. The number of benzene rings is 2. The van der Waals surface area contributed by atoms with Crippen molar-refractivity contribution in [1.82, 2.24) is 10.2 Å². The number of aliphatic hydroxyl groups is 3. The summed E-state index contributed by atoms with van der Waals surface area (Å²) in [5.41, 5.74) is -2.51. The Hall–Kier alpha value is -3.10. The summed E-state index contributed by atoms with van der Waals surface area (Å²) in [6.07, 6.45) is -3.47. The van der Waals surface area contributed by atoms with E-state index in [1.165, 1.54) is 12.1 Å². The van der Waals surface area contributed by atoms with E-state index in [-0.39, 0.29) is 58.3 Å². The van der Waals surface area contributed by atoms with Gasteiger partial charge in [-0.1, -0.05) is 0 Å². The lowest BCUT2D eigenvalue weighted by Gasteiger charge is -2.53. The Morgan fingerprint density at radius 3 is 2.45 bits per heavy atom. The number of hydrogen-bond acceptors (Lipinski definition) is 12. The number of carbonyl (C=O) groups excluding carboxylic acids is 2. The van der Waals surface area contributed by atoms with Gasteiger partial charge in [-0.15, -0.1) is 0 Å². The molecule has 2 aliphatic carbocycles. The fourth-order valence-corrected chi connectivity index (χ4v) is 7.33. The molecule has 6 rings (SSSR count). The van der Waals surface area contributed by atoms with Crippen molar-refractivity contribution in [2.75, 3.05) is 27.2 Å². The lowest BCUT2D eigenvalue weighted by atomic mass is 9.72. The van der Waals surface area contributed by atoms with E-state index in [0.29, 0.717) is 24.3 Å². The minimum atomic E-state index is -1.50. The van der Waals surface area contributed by atoms with Crippen LogP contribution < -0.4 is 10.1 Å². The molecule has 7 atom stereocenters. The number of likely N-dealkylation sites (N-methyl/N-ethyl adjacent to an activating group) is 1. The second-order valence-corrected chi connectivity index (χ2v) is 13.3. The molecule has 0 saturated carbocycles. The Bertz CT molecular complexity index is 1550. The van der Waals surface area contributed by atoms with Gasteiger partial charge in [-0.05, 0) is 65.9 Å². The molecule has 7 unspecified atom stereocenters. The summed E-state index contributed by atoms with van der Waals surface area (Å²) in [4.78, 5) is 30.0. The number of ether oxygens (including phenoxy) is 3. The summed E-state index contributed by atoms with van der Waals surface area (Å²) in [6, 6.07) is 1.42. The second-order valence-electron chi connectivity index (χ2n) is 13.3. The summed E-state index contributed by atoms with van der Waals surface area (Å²) in [7, 11) is 3.38. The van der Waals surface area contributed by atoms with Crippen LogP contribution in [0.4, 0.5) is 0 Å². The van der Waals surface area contributed by atoms with Gasteiger partial charge in [0.2, 0.25) is 12.1 Å². The first-order chi connectivity index (χ1) is 20.6. The quantitative estimate of drug-likeness (QED) is 0.220. The molecule has 12 nitrogen and oxygen atoms in total. The summed E-state index contributed by atoms with van der Waals surface area (Å²) >= 11 is 0. The highest BCUT2D eigenvalue weighted by atomic mass is 16.7. The lowest BCUT2D eigenvalue weighted by molar-refractivity contribution is -0.311. The molecular weight excluding hydrogens is 572 g/mol. The zero-order chi connectivity index (χ0) is 32.0. The molecule has 2 bridgehead atoms. The first-order valence-electron chi connectivity index (χ1n) is 14.9. The van der Waals surface area contributed by atoms with Crippen LogP contribution in [0.5, 0.6) is 17.2 Å². The molecule has 0 aromatic heterocycles. The van der Waals surface area contributed by atoms with E-state index in [9.17, 15) is 35.1 Å². The second kappa shape index (κ2) is 10.5. The molecule has 0 spiro atoms. The standard InChI is InChI=1S/C32H40N2O10/c1-13(2)42-8-7-33-17-12-31(3,41)11-14-9-15-20(25(37)19(14)17)26(38)21-18(35)10-16-28(22(21)24(15)36)43-30-27(39)23(34(5)6)29(40)32(16,4)44-30/h9-10,13,17,23,27,29-30,33,35,37,39-41H,7-8,11-12H2,1-6H3. The normalized spacial score (nSPS) is 32.2. The Morgan fingerprint density at radius 2 is 1.80 bits per heavy atom. The Kier molecular flexibility index (Phi) is 7.36. The predicted molar refractivity (Wildman–Crippen MR) is 156 cm³/mol. The summed E-state index contributed by atoms with van der Waals surface area (Å²) in [5.74, 6) is -2.45. The maximum Gasteiger partial charge on any atom is 0.228 e. The molecule has 0 radical (unpaired) electrons. The number of rotatable bonds is 6. The molecule has 2 heterocycles. The number of phenols is 2. The Balaban J connectivity index is 1.48. The van der Waals surface area contributed by atoms with E-state index in [4.69, 9.17) is 14.2 Å². The van der Waals surface area contributed by atoms with Crippen molar-refractivity contribution in [3.05, 3.63) is 51.1 Å². The number of nitrogens with one attached hydrogen (secondary N) is 1. The topological polar surface area (TPSA) is 178 Å². The molecule has 2 aromatic rings. The van der Waals surface area contributed by atoms with Crippen LogP contribution in [-0.4, -0.2) is 105 Å². The van der Waals surface area contributed by atoms with Gasteiger partial charge in [-0.25, -0.2) is 0 Å². The fourth-order valence-electron chi connectivity index (χ4n) is 7.33. The van der Waals surface area contributed by atoms with Gasteiger partial charge in [0, 0.05) is 35.7 Å². The predicted octanol–water partition coefficient (Wildman–Crippen LogP) is 1.24. The van der Waals surface area contributed by atoms with E-state index < -0.39 is 59.1 Å².